The van der Waals surface area contributed by atoms with Gasteiger partial charge in [0.1, 0.15) is 0 Å². The SMILES string of the molecule is Cc1c(N)cccc1S(=O)(=O)NC1CC1c1ccccc1. The fourth-order valence-corrected chi connectivity index (χ4v) is 4.14. The highest BCUT2D eigenvalue weighted by Crippen LogP contribution is 2.41. The number of sulfonamides is 1. The molecule has 2 atom stereocenters. The minimum absolute atomic E-state index is 0.0294. The standard InChI is InChI=1S/C16H18N2O2S/c1-11-14(17)8-5-9-16(11)21(19,20)18-15-10-13(15)12-6-3-2-4-7-12/h2-9,13,15,18H,10,17H2,1H3. The van der Waals surface area contributed by atoms with Gasteiger partial charge in [-0.25, -0.2) is 13.1 Å². The molecule has 110 valence electrons. The van der Waals surface area contributed by atoms with Gasteiger partial charge >= 0.3 is 0 Å². The molecule has 1 aliphatic carbocycles. The third-order valence-corrected chi connectivity index (χ3v) is 5.57. The molecule has 3 rings (SSSR count). The second-order valence-electron chi connectivity index (χ2n) is 5.45. The lowest BCUT2D eigenvalue weighted by molar-refractivity contribution is 0.579. The van der Waals surface area contributed by atoms with Gasteiger partial charge in [0.25, 0.3) is 0 Å². The Hall–Kier alpha value is -1.85. The molecule has 1 fully saturated rings. The van der Waals surface area contributed by atoms with Gasteiger partial charge in [0, 0.05) is 17.6 Å². The molecule has 2 unspecified atom stereocenters. The van der Waals surface area contributed by atoms with E-state index in [1.165, 1.54) is 5.56 Å². The van der Waals surface area contributed by atoms with E-state index in [2.05, 4.69) is 4.72 Å². The van der Waals surface area contributed by atoms with Gasteiger partial charge in [0.15, 0.2) is 0 Å². The second kappa shape index (κ2) is 5.16. The van der Waals surface area contributed by atoms with E-state index in [1.807, 2.05) is 30.3 Å². The average molecular weight is 302 g/mol. The van der Waals surface area contributed by atoms with Crippen molar-refractivity contribution in [2.75, 3.05) is 5.73 Å². The Morgan fingerprint density at radius 2 is 1.81 bits per heavy atom. The van der Waals surface area contributed by atoms with E-state index in [1.54, 1.807) is 25.1 Å². The molecule has 4 nitrogen and oxygen atoms in total. The molecule has 0 amide bonds. The van der Waals surface area contributed by atoms with Crippen LogP contribution in [0.15, 0.2) is 53.4 Å². The van der Waals surface area contributed by atoms with Crippen LogP contribution in [0.3, 0.4) is 0 Å². The predicted molar refractivity (Wildman–Crippen MR) is 83.5 cm³/mol. The summed E-state index contributed by atoms with van der Waals surface area (Å²) in [6.45, 7) is 1.73. The number of nitrogens with two attached hydrogens (primary N) is 1. The summed E-state index contributed by atoms with van der Waals surface area (Å²) in [5.74, 6) is 0.266. The van der Waals surface area contributed by atoms with Crippen LogP contribution in [0.2, 0.25) is 0 Å². The van der Waals surface area contributed by atoms with Crippen LogP contribution in [0.5, 0.6) is 0 Å². The maximum atomic E-state index is 12.5. The van der Waals surface area contributed by atoms with Gasteiger partial charge in [-0.05, 0) is 36.6 Å². The Labute approximate surface area is 125 Å². The summed E-state index contributed by atoms with van der Waals surface area (Å²) in [6.07, 6.45) is 0.838. The first-order valence-corrected chi connectivity index (χ1v) is 8.40. The van der Waals surface area contributed by atoms with Crippen LogP contribution in [-0.4, -0.2) is 14.5 Å². The molecule has 0 radical (unpaired) electrons. The lowest BCUT2D eigenvalue weighted by Gasteiger charge is -2.10. The number of rotatable bonds is 4. The normalized spacial score (nSPS) is 21.2. The van der Waals surface area contributed by atoms with E-state index in [-0.39, 0.29) is 16.9 Å². The van der Waals surface area contributed by atoms with Crippen molar-refractivity contribution in [2.24, 2.45) is 0 Å². The molecule has 0 bridgehead atoms. The number of hydrogen-bond acceptors (Lipinski definition) is 3. The van der Waals surface area contributed by atoms with Gasteiger partial charge in [-0.15, -0.1) is 0 Å². The minimum Gasteiger partial charge on any atom is -0.398 e. The minimum atomic E-state index is -3.52. The van der Waals surface area contributed by atoms with Crippen molar-refractivity contribution < 1.29 is 8.42 Å². The van der Waals surface area contributed by atoms with Crippen molar-refractivity contribution in [3.05, 3.63) is 59.7 Å². The van der Waals surface area contributed by atoms with Crippen molar-refractivity contribution in [1.82, 2.24) is 4.72 Å². The van der Waals surface area contributed by atoms with Crippen molar-refractivity contribution in [3.63, 3.8) is 0 Å². The molecule has 0 heterocycles. The summed E-state index contributed by atoms with van der Waals surface area (Å²) in [5, 5.41) is 0. The van der Waals surface area contributed by atoms with E-state index in [9.17, 15) is 8.42 Å². The zero-order valence-corrected chi connectivity index (χ0v) is 12.6. The molecule has 2 aromatic rings. The smallest absolute Gasteiger partial charge is 0.241 e. The highest BCUT2D eigenvalue weighted by atomic mass is 32.2. The number of hydrogen-bond donors (Lipinski definition) is 2. The third kappa shape index (κ3) is 2.80. The van der Waals surface area contributed by atoms with Crippen molar-refractivity contribution in [1.29, 1.82) is 0 Å². The van der Waals surface area contributed by atoms with Crippen LogP contribution in [0.25, 0.3) is 0 Å². The molecule has 0 spiro atoms. The highest BCUT2D eigenvalue weighted by Gasteiger charge is 2.41. The summed E-state index contributed by atoms with van der Waals surface area (Å²) >= 11 is 0. The highest BCUT2D eigenvalue weighted by molar-refractivity contribution is 7.89. The van der Waals surface area contributed by atoms with E-state index in [0.29, 0.717) is 11.3 Å². The number of anilines is 1. The monoisotopic (exact) mass is 302 g/mol. The quantitative estimate of drug-likeness (QED) is 0.852. The second-order valence-corrected chi connectivity index (χ2v) is 7.13. The fraction of sp³-hybridized carbons (Fsp3) is 0.250. The predicted octanol–water partition coefficient (Wildman–Crippen LogP) is 2.41. The number of nitrogen functional groups attached to an aromatic ring is 1. The van der Waals surface area contributed by atoms with Gasteiger partial charge in [-0.2, -0.15) is 0 Å². The van der Waals surface area contributed by atoms with Crippen molar-refractivity contribution in [3.8, 4) is 0 Å². The summed E-state index contributed by atoms with van der Waals surface area (Å²) in [6, 6.07) is 14.9. The van der Waals surface area contributed by atoms with E-state index in [4.69, 9.17) is 5.73 Å². The average Bonchev–Trinajstić information content (AvgIpc) is 3.21. The maximum Gasteiger partial charge on any atom is 0.241 e. The Morgan fingerprint density at radius 3 is 2.52 bits per heavy atom. The molecule has 2 aromatic carbocycles. The molecule has 0 aromatic heterocycles. The Balaban J connectivity index is 1.78. The summed E-state index contributed by atoms with van der Waals surface area (Å²) in [4.78, 5) is 0.265. The zero-order chi connectivity index (χ0) is 15.0. The molecule has 1 saturated carbocycles. The van der Waals surface area contributed by atoms with Crippen LogP contribution in [-0.2, 0) is 10.0 Å². The van der Waals surface area contributed by atoms with E-state index in [0.717, 1.165) is 6.42 Å². The van der Waals surface area contributed by atoms with Crippen molar-refractivity contribution in [2.45, 2.75) is 30.2 Å². The van der Waals surface area contributed by atoms with E-state index < -0.39 is 10.0 Å². The van der Waals surface area contributed by atoms with E-state index >= 15 is 0 Å². The number of nitrogens with one attached hydrogen (secondary N) is 1. The molecule has 1 aliphatic rings. The molecule has 0 saturated heterocycles. The van der Waals surface area contributed by atoms with Crippen LogP contribution >= 0.6 is 0 Å². The van der Waals surface area contributed by atoms with Gasteiger partial charge in [0.05, 0.1) is 4.90 Å². The summed E-state index contributed by atoms with van der Waals surface area (Å²) in [7, 11) is -3.52. The Bertz CT molecular complexity index is 757. The molecular weight excluding hydrogens is 284 g/mol. The van der Waals surface area contributed by atoms with Crippen LogP contribution < -0.4 is 10.5 Å². The van der Waals surface area contributed by atoms with Gasteiger partial charge in [0.2, 0.25) is 10.0 Å². The fourth-order valence-electron chi connectivity index (χ4n) is 2.58. The Morgan fingerprint density at radius 1 is 1.10 bits per heavy atom. The van der Waals surface area contributed by atoms with Gasteiger partial charge in [-0.3, -0.25) is 0 Å². The zero-order valence-electron chi connectivity index (χ0n) is 11.8. The molecule has 21 heavy (non-hydrogen) atoms. The first-order chi connectivity index (χ1) is 9.99. The number of benzene rings is 2. The first-order valence-electron chi connectivity index (χ1n) is 6.91. The first kappa shape index (κ1) is 14.1. The van der Waals surface area contributed by atoms with Crippen LogP contribution in [0.4, 0.5) is 5.69 Å². The third-order valence-electron chi connectivity index (χ3n) is 3.94. The van der Waals surface area contributed by atoms with Gasteiger partial charge < -0.3 is 5.73 Å². The molecule has 3 N–H and O–H groups in total. The largest absolute Gasteiger partial charge is 0.398 e. The lowest BCUT2D eigenvalue weighted by atomic mass is 10.1. The van der Waals surface area contributed by atoms with Crippen molar-refractivity contribution >= 4 is 15.7 Å². The maximum absolute atomic E-state index is 12.5. The Kier molecular flexibility index (Phi) is 3.47. The summed E-state index contributed by atoms with van der Waals surface area (Å²) in [5.41, 5.74) is 8.06. The van der Waals surface area contributed by atoms with Crippen LogP contribution in [0.1, 0.15) is 23.5 Å². The van der Waals surface area contributed by atoms with Crippen LogP contribution in [0, 0.1) is 6.92 Å². The lowest BCUT2D eigenvalue weighted by Crippen LogP contribution is -2.27. The molecule has 0 aliphatic heterocycles. The molecular formula is C16H18N2O2S. The topological polar surface area (TPSA) is 72.2 Å². The van der Waals surface area contributed by atoms with Gasteiger partial charge in [-0.1, -0.05) is 36.4 Å². The molecule has 5 heteroatoms. The summed E-state index contributed by atoms with van der Waals surface area (Å²) < 4.78 is 27.7.